The predicted molar refractivity (Wildman–Crippen MR) is 118 cm³/mol. The van der Waals surface area contributed by atoms with Crippen LogP contribution in [0.15, 0.2) is 77.9 Å². The van der Waals surface area contributed by atoms with Crippen molar-refractivity contribution in [3.05, 3.63) is 95.1 Å². The van der Waals surface area contributed by atoms with Crippen LogP contribution in [0.1, 0.15) is 22.3 Å². The van der Waals surface area contributed by atoms with E-state index in [4.69, 9.17) is 5.26 Å². The third-order valence-electron chi connectivity index (χ3n) is 4.44. The van der Waals surface area contributed by atoms with E-state index in [0.717, 1.165) is 28.8 Å². The summed E-state index contributed by atoms with van der Waals surface area (Å²) in [6.45, 7) is 1.94. The highest BCUT2D eigenvalue weighted by Crippen LogP contribution is 2.24. The van der Waals surface area contributed by atoms with Gasteiger partial charge in [0.1, 0.15) is 5.75 Å². The van der Waals surface area contributed by atoms with E-state index in [-0.39, 0.29) is 5.69 Å². The SMILES string of the molecule is Cc1cccc(/C(Cc2ccc(C#N)cc2)=N/NC(=O)Nc2ccc(OC(F)(F)F)cc2)c1. The van der Waals surface area contributed by atoms with E-state index in [9.17, 15) is 18.0 Å². The summed E-state index contributed by atoms with van der Waals surface area (Å²) in [6.07, 6.45) is -4.39. The van der Waals surface area contributed by atoms with Gasteiger partial charge in [0.25, 0.3) is 0 Å². The van der Waals surface area contributed by atoms with Gasteiger partial charge in [-0.25, -0.2) is 10.2 Å². The van der Waals surface area contributed by atoms with Crippen LogP contribution < -0.4 is 15.5 Å². The monoisotopic (exact) mass is 452 g/mol. The van der Waals surface area contributed by atoms with Gasteiger partial charge in [0.15, 0.2) is 0 Å². The van der Waals surface area contributed by atoms with Gasteiger partial charge in [0.2, 0.25) is 0 Å². The van der Waals surface area contributed by atoms with Crippen LogP contribution in [0.25, 0.3) is 0 Å². The third kappa shape index (κ3) is 7.40. The number of hydrazone groups is 1. The highest BCUT2D eigenvalue weighted by molar-refractivity contribution is 6.03. The van der Waals surface area contributed by atoms with Crippen LogP contribution in [0.3, 0.4) is 0 Å². The van der Waals surface area contributed by atoms with E-state index in [2.05, 4.69) is 26.7 Å². The lowest BCUT2D eigenvalue weighted by atomic mass is 10.00. The molecule has 0 aliphatic rings. The van der Waals surface area contributed by atoms with Crippen molar-refractivity contribution in [3.8, 4) is 11.8 Å². The molecule has 0 fully saturated rings. The zero-order valence-corrected chi connectivity index (χ0v) is 17.5. The normalized spacial score (nSPS) is 11.4. The summed E-state index contributed by atoms with van der Waals surface area (Å²) in [4.78, 5) is 12.3. The molecule has 0 saturated carbocycles. The first-order valence-electron chi connectivity index (χ1n) is 9.77. The van der Waals surface area contributed by atoms with Crippen molar-refractivity contribution in [3.63, 3.8) is 0 Å². The van der Waals surface area contributed by atoms with Gasteiger partial charge >= 0.3 is 12.4 Å². The smallest absolute Gasteiger partial charge is 0.406 e. The van der Waals surface area contributed by atoms with E-state index in [1.54, 1.807) is 12.1 Å². The summed E-state index contributed by atoms with van der Waals surface area (Å²) >= 11 is 0. The lowest BCUT2D eigenvalue weighted by Gasteiger charge is -2.11. The predicted octanol–water partition coefficient (Wildman–Crippen LogP) is 5.53. The number of rotatable bonds is 6. The molecule has 2 N–H and O–H groups in total. The quantitative estimate of drug-likeness (QED) is 0.381. The number of hydrogen-bond acceptors (Lipinski definition) is 4. The molecule has 9 heteroatoms. The molecule has 3 rings (SSSR count). The van der Waals surface area contributed by atoms with Crippen LogP contribution in [-0.4, -0.2) is 18.1 Å². The van der Waals surface area contributed by atoms with Crippen molar-refractivity contribution < 1.29 is 22.7 Å². The molecule has 6 nitrogen and oxygen atoms in total. The lowest BCUT2D eigenvalue weighted by Crippen LogP contribution is -2.26. The zero-order valence-electron chi connectivity index (χ0n) is 17.5. The van der Waals surface area contributed by atoms with Crippen LogP contribution in [0, 0.1) is 18.3 Å². The Labute approximate surface area is 188 Å². The fraction of sp³-hybridized carbons (Fsp3) is 0.125. The van der Waals surface area contributed by atoms with Gasteiger partial charge in [-0.2, -0.15) is 10.4 Å². The summed E-state index contributed by atoms with van der Waals surface area (Å²) in [7, 11) is 0. The Morgan fingerprint density at radius 2 is 1.76 bits per heavy atom. The van der Waals surface area contributed by atoms with Gasteiger partial charge in [0.05, 0.1) is 17.3 Å². The number of halogens is 3. The Bertz CT molecular complexity index is 1180. The van der Waals surface area contributed by atoms with Crippen molar-refractivity contribution in [2.24, 2.45) is 5.10 Å². The maximum absolute atomic E-state index is 12.3. The summed E-state index contributed by atoms with van der Waals surface area (Å²) in [5.74, 6) is -0.393. The number of anilines is 1. The van der Waals surface area contributed by atoms with E-state index >= 15 is 0 Å². The second kappa shape index (κ2) is 10.3. The standard InChI is InChI=1S/C24H19F3N4O2/c1-16-3-2-4-19(13-16)22(14-17-5-7-18(15-28)8-6-17)30-31-23(32)29-20-9-11-21(12-10-20)33-24(25,26)27/h2-13H,14H2,1H3,(H2,29,31,32)/b30-22+. The number of urea groups is 1. The average Bonchev–Trinajstić information content (AvgIpc) is 2.77. The molecule has 168 valence electrons. The number of nitrogens with zero attached hydrogens (tertiary/aromatic N) is 2. The van der Waals surface area contributed by atoms with E-state index in [1.165, 1.54) is 12.1 Å². The fourth-order valence-electron chi connectivity index (χ4n) is 2.94. The van der Waals surface area contributed by atoms with Crippen molar-refractivity contribution in [2.75, 3.05) is 5.32 Å². The Morgan fingerprint density at radius 1 is 1.06 bits per heavy atom. The molecular formula is C24H19F3N4O2. The van der Waals surface area contributed by atoms with Gasteiger partial charge in [0, 0.05) is 12.1 Å². The molecule has 0 heterocycles. The summed E-state index contributed by atoms with van der Waals surface area (Å²) in [5.41, 5.74) is 6.55. The number of amides is 2. The van der Waals surface area contributed by atoms with E-state index in [0.29, 0.717) is 17.7 Å². The molecule has 3 aromatic carbocycles. The Kier molecular flexibility index (Phi) is 7.31. The molecule has 0 aromatic heterocycles. The third-order valence-corrected chi connectivity index (χ3v) is 4.44. The summed E-state index contributed by atoms with van der Waals surface area (Å²) in [6, 6.07) is 20.8. The second-order valence-corrected chi connectivity index (χ2v) is 7.05. The van der Waals surface area contributed by atoms with Gasteiger partial charge in [-0.3, -0.25) is 0 Å². The molecule has 0 aliphatic carbocycles. The first-order chi connectivity index (χ1) is 15.7. The van der Waals surface area contributed by atoms with Crippen LogP contribution in [0.2, 0.25) is 0 Å². The van der Waals surface area contributed by atoms with Gasteiger partial charge < -0.3 is 10.1 Å². The van der Waals surface area contributed by atoms with Crippen LogP contribution >= 0.6 is 0 Å². The first-order valence-corrected chi connectivity index (χ1v) is 9.77. The highest BCUT2D eigenvalue weighted by atomic mass is 19.4. The fourth-order valence-corrected chi connectivity index (χ4v) is 2.94. The summed E-state index contributed by atoms with van der Waals surface area (Å²) in [5, 5.41) is 15.7. The number of carbonyl (C=O) groups excluding carboxylic acids is 1. The largest absolute Gasteiger partial charge is 0.573 e. The minimum Gasteiger partial charge on any atom is -0.406 e. The summed E-state index contributed by atoms with van der Waals surface area (Å²) < 4.78 is 40.6. The molecular weight excluding hydrogens is 433 g/mol. The first kappa shape index (κ1) is 23.3. The number of alkyl halides is 3. The highest BCUT2D eigenvalue weighted by Gasteiger charge is 2.30. The molecule has 0 unspecified atom stereocenters. The van der Waals surface area contributed by atoms with Gasteiger partial charge in [-0.15, -0.1) is 13.2 Å². The van der Waals surface area contributed by atoms with Crippen LogP contribution in [0.5, 0.6) is 5.75 Å². The number of carbonyl (C=O) groups is 1. The number of aryl methyl sites for hydroxylation is 1. The Morgan fingerprint density at radius 3 is 2.36 bits per heavy atom. The topological polar surface area (TPSA) is 86.5 Å². The number of hydrogen-bond donors (Lipinski definition) is 2. The molecule has 2 amide bonds. The van der Waals surface area contributed by atoms with Crippen molar-refractivity contribution >= 4 is 17.4 Å². The van der Waals surface area contributed by atoms with Crippen molar-refractivity contribution in [2.45, 2.75) is 19.7 Å². The van der Waals surface area contributed by atoms with Crippen LogP contribution in [0.4, 0.5) is 23.7 Å². The molecule has 0 radical (unpaired) electrons. The molecule has 3 aromatic rings. The number of nitriles is 1. The molecule has 0 aliphatic heterocycles. The minimum atomic E-state index is -4.79. The average molecular weight is 452 g/mol. The Balaban J connectivity index is 1.72. The molecule has 0 atom stereocenters. The minimum absolute atomic E-state index is 0.265. The van der Waals surface area contributed by atoms with Gasteiger partial charge in [-0.05, 0) is 54.4 Å². The van der Waals surface area contributed by atoms with E-state index in [1.807, 2.05) is 43.3 Å². The maximum Gasteiger partial charge on any atom is 0.573 e. The van der Waals surface area contributed by atoms with Gasteiger partial charge in [-0.1, -0.05) is 42.0 Å². The van der Waals surface area contributed by atoms with Crippen molar-refractivity contribution in [1.29, 1.82) is 5.26 Å². The molecule has 33 heavy (non-hydrogen) atoms. The lowest BCUT2D eigenvalue weighted by molar-refractivity contribution is -0.274. The van der Waals surface area contributed by atoms with Crippen LogP contribution in [-0.2, 0) is 6.42 Å². The van der Waals surface area contributed by atoms with Crippen molar-refractivity contribution in [1.82, 2.24) is 5.43 Å². The zero-order chi connectivity index (χ0) is 23.8. The number of benzene rings is 3. The maximum atomic E-state index is 12.3. The van der Waals surface area contributed by atoms with E-state index < -0.39 is 18.1 Å². The number of ether oxygens (including phenoxy) is 1. The number of nitrogens with one attached hydrogen (secondary N) is 2. The Hall–Kier alpha value is -4.32. The molecule has 0 bridgehead atoms. The second-order valence-electron chi connectivity index (χ2n) is 7.05. The molecule has 0 spiro atoms. The molecule has 0 saturated heterocycles.